The van der Waals surface area contributed by atoms with E-state index < -0.39 is 17.7 Å². The maximum absolute atomic E-state index is 14.7. The lowest BCUT2D eigenvalue weighted by Crippen LogP contribution is -2.55. The van der Waals surface area contributed by atoms with E-state index in [1.807, 2.05) is 0 Å². The molecule has 1 atom stereocenters. The Hall–Kier alpha value is -2.67. The SMILES string of the molecule is CC1CN(C(=O)O)CCN1C(=N)c1cc(Cl)c(-c2ccccc2F)cc1F. The number of piperazine rings is 1. The minimum Gasteiger partial charge on any atom is -0.465 e. The number of nitrogens with zero attached hydrogens (tertiary/aromatic N) is 2. The number of amidine groups is 1. The summed E-state index contributed by atoms with van der Waals surface area (Å²) in [6.45, 7) is 2.50. The van der Waals surface area contributed by atoms with Crippen LogP contribution in [0.4, 0.5) is 13.6 Å². The van der Waals surface area contributed by atoms with Crippen molar-refractivity contribution in [3.63, 3.8) is 0 Å². The Kier molecular flexibility index (Phi) is 5.32. The van der Waals surface area contributed by atoms with Crippen LogP contribution in [0, 0.1) is 17.0 Å². The molecule has 1 saturated heterocycles. The number of amides is 1. The molecule has 0 aliphatic carbocycles. The molecule has 0 aromatic heterocycles. The van der Waals surface area contributed by atoms with Crippen molar-refractivity contribution in [3.05, 3.63) is 58.6 Å². The third-order valence-electron chi connectivity index (χ3n) is 4.66. The summed E-state index contributed by atoms with van der Waals surface area (Å²) in [5.74, 6) is -1.28. The first-order valence-electron chi connectivity index (χ1n) is 8.37. The highest BCUT2D eigenvalue weighted by Crippen LogP contribution is 2.32. The van der Waals surface area contributed by atoms with Gasteiger partial charge >= 0.3 is 6.09 Å². The third-order valence-corrected chi connectivity index (χ3v) is 4.97. The van der Waals surface area contributed by atoms with Crippen LogP contribution in [0.5, 0.6) is 0 Å². The van der Waals surface area contributed by atoms with Crippen molar-refractivity contribution in [2.75, 3.05) is 19.6 Å². The summed E-state index contributed by atoms with van der Waals surface area (Å²) in [4.78, 5) is 14.0. The molecule has 1 fully saturated rings. The quantitative estimate of drug-likeness (QED) is 0.590. The fourth-order valence-corrected chi connectivity index (χ4v) is 3.50. The number of hydrogen-bond acceptors (Lipinski definition) is 2. The lowest BCUT2D eigenvalue weighted by atomic mass is 10.0. The summed E-state index contributed by atoms with van der Waals surface area (Å²) >= 11 is 6.26. The van der Waals surface area contributed by atoms with E-state index in [2.05, 4.69) is 0 Å². The van der Waals surface area contributed by atoms with Crippen LogP contribution in [0.2, 0.25) is 5.02 Å². The normalized spacial score (nSPS) is 17.1. The molecule has 8 heteroatoms. The van der Waals surface area contributed by atoms with E-state index >= 15 is 0 Å². The Bertz CT molecular complexity index is 907. The maximum Gasteiger partial charge on any atom is 0.407 e. The smallest absolute Gasteiger partial charge is 0.407 e. The van der Waals surface area contributed by atoms with Crippen LogP contribution in [0.15, 0.2) is 36.4 Å². The van der Waals surface area contributed by atoms with Crippen molar-refractivity contribution in [1.82, 2.24) is 9.80 Å². The molecule has 2 aromatic rings. The van der Waals surface area contributed by atoms with Crippen LogP contribution in [0.1, 0.15) is 12.5 Å². The van der Waals surface area contributed by atoms with E-state index in [0.29, 0.717) is 0 Å². The van der Waals surface area contributed by atoms with E-state index in [9.17, 15) is 13.6 Å². The van der Waals surface area contributed by atoms with Crippen molar-refractivity contribution >= 4 is 23.5 Å². The molecule has 1 unspecified atom stereocenters. The number of carboxylic acid groups (broad SMARTS) is 1. The van der Waals surface area contributed by atoms with E-state index in [1.54, 1.807) is 17.9 Å². The van der Waals surface area contributed by atoms with Gasteiger partial charge in [0.2, 0.25) is 0 Å². The summed E-state index contributed by atoms with van der Waals surface area (Å²) in [5, 5.41) is 17.6. The average molecular weight is 394 g/mol. The molecule has 3 rings (SSSR count). The molecule has 0 radical (unpaired) electrons. The number of rotatable bonds is 2. The molecule has 1 amide bonds. The highest BCUT2D eigenvalue weighted by atomic mass is 35.5. The average Bonchev–Trinajstić information content (AvgIpc) is 2.63. The number of carbonyl (C=O) groups is 1. The van der Waals surface area contributed by atoms with E-state index in [4.69, 9.17) is 22.1 Å². The molecule has 2 N–H and O–H groups in total. The zero-order valence-electron chi connectivity index (χ0n) is 14.5. The number of benzene rings is 2. The first-order chi connectivity index (χ1) is 12.8. The second kappa shape index (κ2) is 7.52. The standard InChI is InChI=1S/C19H18ClF2N3O2/c1-11-10-24(19(26)27)6-7-25(11)18(23)14-8-15(20)13(9-17(14)22)12-4-2-3-5-16(12)21/h2-5,8-9,11,23H,6-7,10H2,1H3,(H,26,27). The van der Waals surface area contributed by atoms with E-state index in [-0.39, 0.29) is 53.2 Å². The summed E-state index contributed by atoms with van der Waals surface area (Å²) in [7, 11) is 0. The number of nitrogens with one attached hydrogen (secondary N) is 1. The highest BCUT2D eigenvalue weighted by Gasteiger charge is 2.29. The van der Waals surface area contributed by atoms with Crippen LogP contribution in [-0.2, 0) is 0 Å². The highest BCUT2D eigenvalue weighted by molar-refractivity contribution is 6.33. The van der Waals surface area contributed by atoms with Gasteiger partial charge in [0.15, 0.2) is 0 Å². The molecule has 27 heavy (non-hydrogen) atoms. The predicted molar refractivity (Wildman–Crippen MR) is 99.4 cm³/mol. The van der Waals surface area contributed by atoms with Crippen molar-refractivity contribution in [3.8, 4) is 11.1 Å². The second-order valence-electron chi connectivity index (χ2n) is 6.41. The van der Waals surface area contributed by atoms with Gasteiger partial charge in [0.1, 0.15) is 17.5 Å². The van der Waals surface area contributed by atoms with Gasteiger partial charge in [0.25, 0.3) is 0 Å². The van der Waals surface area contributed by atoms with Gasteiger partial charge in [-0.3, -0.25) is 5.41 Å². The molecule has 142 valence electrons. The minimum absolute atomic E-state index is 0.00397. The van der Waals surface area contributed by atoms with Crippen LogP contribution < -0.4 is 0 Å². The first-order valence-corrected chi connectivity index (χ1v) is 8.74. The zero-order valence-corrected chi connectivity index (χ0v) is 15.3. The van der Waals surface area contributed by atoms with Gasteiger partial charge in [-0.25, -0.2) is 13.6 Å². The number of halogens is 3. The van der Waals surface area contributed by atoms with Gasteiger partial charge in [-0.2, -0.15) is 0 Å². The third kappa shape index (κ3) is 3.73. The van der Waals surface area contributed by atoms with E-state index in [0.717, 1.165) is 6.07 Å². The van der Waals surface area contributed by atoms with Crippen LogP contribution in [-0.4, -0.2) is 52.5 Å². The Labute approximate surface area is 160 Å². The fraction of sp³-hybridized carbons (Fsp3) is 0.263. The molecule has 1 aliphatic rings. The lowest BCUT2D eigenvalue weighted by Gasteiger charge is -2.40. The van der Waals surface area contributed by atoms with Gasteiger partial charge in [-0.15, -0.1) is 0 Å². The first kappa shape index (κ1) is 19.1. The van der Waals surface area contributed by atoms with Crippen molar-refractivity contribution < 1.29 is 18.7 Å². The zero-order chi connectivity index (χ0) is 19.7. The van der Waals surface area contributed by atoms with Crippen LogP contribution in [0.25, 0.3) is 11.1 Å². The minimum atomic E-state index is -1.02. The molecular weight excluding hydrogens is 376 g/mol. The van der Waals surface area contributed by atoms with Crippen molar-refractivity contribution in [2.24, 2.45) is 0 Å². The second-order valence-corrected chi connectivity index (χ2v) is 6.82. The molecule has 1 heterocycles. The Morgan fingerprint density at radius 1 is 1.19 bits per heavy atom. The van der Waals surface area contributed by atoms with Gasteiger partial charge in [-0.1, -0.05) is 29.8 Å². The van der Waals surface area contributed by atoms with Crippen LogP contribution in [0.3, 0.4) is 0 Å². The van der Waals surface area contributed by atoms with Gasteiger partial charge in [0.05, 0.1) is 5.56 Å². The van der Waals surface area contributed by atoms with Gasteiger partial charge < -0.3 is 14.9 Å². The van der Waals surface area contributed by atoms with Gasteiger partial charge in [0, 0.05) is 41.8 Å². The molecule has 1 aliphatic heterocycles. The lowest BCUT2D eigenvalue weighted by molar-refractivity contribution is 0.105. The Morgan fingerprint density at radius 2 is 1.89 bits per heavy atom. The summed E-state index contributed by atoms with van der Waals surface area (Å²) in [6, 6.07) is 8.10. The topological polar surface area (TPSA) is 67.6 Å². The van der Waals surface area contributed by atoms with E-state index in [1.165, 1.54) is 29.2 Å². The maximum atomic E-state index is 14.7. The van der Waals surface area contributed by atoms with Crippen LogP contribution >= 0.6 is 11.6 Å². The molecular formula is C19H18ClF2N3O2. The van der Waals surface area contributed by atoms with Crippen molar-refractivity contribution in [2.45, 2.75) is 13.0 Å². The molecule has 5 nitrogen and oxygen atoms in total. The summed E-state index contributed by atoms with van der Waals surface area (Å²) < 4.78 is 28.7. The molecule has 0 bridgehead atoms. The number of hydrogen-bond donors (Lipinski definition) is 2. The Balaban J connectivity index is 1.90. The molecule has 0 spiro atoms. The summed E-state index contributed by atoms with van der Waals surface area (Å²) in [6.07, 6.45) is -1.02. The largest absolute Gasteiger partial charge is 0.465 e. The predicted octanol–water partition coefficient (Wildman–Crippen LogP) is 4.29. The monoisotopic (exact) mass is 393 g/mol. The van der Waals surface area contributed by atoms with Gasteiger partial charge in [-0.05, 0) is 25.1 Å². The summed E-state index contributed by atoms with van der Waals surface area (Å²) in [5.41, 5.74) is 0.395. The Morgan fingerprint density at radius 3 is 2.52 bits per heavy atom. The fourth-order valence-electron chi connectivity index (χ4n) is 3.23. The molecule has 0 saturated carbocycles. The molecule has 2 aromatic carbocycles. The van der Waals surface area contributed by atoms with Crippen molar-refractivity contribution in [1.29, 1.82) is 5.41 Å².